The van der Waals surface area contributed by atoms with Crippen molar-refractivity contribution in [1.29, 1.82) is 0 Å². The Morgan fingerprint density at radius 3 is 1.89 bits per heavy atom. The molecular formula is C16H32BrN. The maximum Gasteiger partial charge on any atom is 0.0220 e. The van der Waals surface area contributed by atoms with Gasteiger partial charge in [0.1, 0.15) is 0 Å². The average molecular weight is 318 g/mol. The summed E-state index contributed by atoms with van der Waals surface area (Å²) in [6.45, 7) is 16.2. The fraction of sp³-hybridized carbons (Fsp3) is 0.625. The van der Waals surface area contributed by atoms with Gasteiger partial charge in [-0.15, -0.1) is 0 Å². The van der Waals surface area contributed by atoms with Gasteiger partial charge in [0.25, 0.3) is 0 Å². The Balaban J connectivity index is -0.000000328. The first-order valence-corrected chi connectivity index (χ1v) is 8.08. The lowest BCUT2D eigenvalue weighted by Gasteiger charge is -2.04. The van der Waals surface area contributed by atoms with Crippen LogP contribution in [0.2, 0.25) is 0 Å². The minimum atomic E-state index is 0.954. The van der Waals surface area contributed by atoms with Gasteiger partial charge in [-0.3, -0.25) is 0 Å². The molecule has 0 amide bonds. The van der Waals surface area contributed by atoms with Crippen molar-refractivity contribution in [1.82, 2.24) is 5.32 Å². The zero-order valence-corrected chi connectivity index (χ0v) is 14.9. The van der Waals surface area contributed by atoms with Gasteiger partial charge in [0.15, 0.2) is 0 Å². The molecule has 0 aliphatic carbocycles. The molecule has 108 valence electrons. The summed E-state index contributed by atoms with van der Waals surface area (Å²) < 4.78 is 1.19. The molecule has 18 heavy (non-hydrogen) atoms. The number of nitrogens with one attached hydrogen (secondary N) is 1. The molecule has 1 rings (SSSR count). The Bertz CT molecular complexity index is 236. The fourth-order valence-electron chi connectivity index (χ4n) is 1.04. The second kappa shape index (κ2) is 21.9. The second-order valence-electron chi connectivity index (χ2n) is 2.77. The van der Waals surface area contributed by atoms with Crippen LogP contribution in [-0.4, -0.2) is 6.54 Å². The smallest absolute Gasteiger partial charge is 0.0220 e. The van der Waals surface area contributed by atoms with E-state index in [1.165, 1.54) is 16.5 Å². The number of benzene rings is 1. The van der Waals surface area contributed by atoms with Gasteiger partial charge in [0.05, 0.1) is 0 Å². The van der Waals surface area contributed by atoms with E-state index in [9.17, 15) is 0 Å². The summed E-state index contributed by atoms with van der Waals surface area (Å²) in [5, 5.41) is 3.36. The van der Waals surface area contributed by atoms with Crippen LogP contribution in [0.3, 0.4) is 0 Å². The number of hydrogen-bond acceptors (Lipinski definition) is 1. The zero-order valence-electron chi connectivity index (χ0n) is 13.3. The van der Waals surface area contributed by atoms with Crippen LogP contribution in [0.5, 0.6) is 0 Å². The summed E-state index contributed by atoms with van der Waals surface area (Å²) >= 11 is 3.51. The van der Waals surface area contributed by atoms with Crippen LogP contribution in [0, 0.1) is 0 Å². The molecule has 0 bridgehead atoms. The molecule has 1 N–H and O–H groups in total. The molecule has 0 aliphatic heterocycles. The quantitative estimate of drug-likeness (QED) is 0.669. The monoisotopic (exact) mass is 317 g/mol. The molecule has 0 spiro atoms. The van der Waals surface area contributed by atoms with Gasteiger partial charge in [0, 0.05) is 11.0 Å². The molecule has 0 heterocycles. The van der Waals surface area contributed by atoms with Crippen LogP contribution in [0.25, 0.3) is 0 Å². The number of rotatable bonds is 4. The average Bonchev–Trinajstić information content (AvgIpc) is 2.48. The summed E-state index contributed by atoms with van der Waals surface area (Å²) in [7, 11) is 0. The first kappa shape index (κ1) is 22.8. The summed E-state index contributed by atoms with van der Waals surface area (Å²) in [4.78, 5) is 0. The predicted molar refractivity (Wildman–Crippen MR) is 90.2 cm³/mol. The number of halogens is 1. The number of hydrogen-bond donors (Lipinski definition) is 1. The van der Waals surface area contributed by atoms with Gasteiger partial charge < -0.3 is 5.32 Å². The van der Waals surface area contributed by atoms with Crippen molar-refractivity contribution in [3.05, 3.63) is 34.3 Å². The van der Waals surface area contributed by atoms with Crippen molar-refractivity contribution in [3.8, 4) is 0 Å². The molecular weight excluding hydrogens is 286 g/mol. The standard InChI is InChI=1S/C10H14BrN.3C2H6/c1-2-7-12-8-9-5-3-4-6-10(9)11;3*1-2/h3-6,12H,2,7-8H2,1H3;3*1-2H3. The Morgan fingerprint density at radius 2 is 1.44 bits per heavy atom. The largest absolute Gasteiger partial charge is 0.313 e. The molecule has 0 fully saturated rings. The lowest BCUT2D eigenvalue weighted by Crippen LogP contribution is -2.13. The summed E-state index contributed by atoms with van der Waals surface area (Å²) in [5.74, 6) is 0. The molecule has 0 atom stereocenters. The molecule has 0 radical (unpaired) electrons. The highest BCUT2D eigenvalue weighted by Gasteiger charge is 1.95. The lowest BCUT2D eigenvalue weighted by molar-refractivity contribution is 0.674. The van der Waals surface area contributed by atoms with Gasteiger partial charge in [-0.25, -0.2) is 0 Å². The molecule has 0 saturated heterocycles. The van der Waals surface area contributed by atoms with Gasteiger partial charge >= 0.3 is 0 Å². The molecule has 0 unspecified atom stereocenters. The maximum absolute atomic E-state index is 3.51. The Kier molecular flexibility index (Phi) is 27.7. The molecule has 1 nitrogen and oxygen atoms in total. The Morgan fingerprint density at radius 1 is 0.944 bits per heavy atom. The highest BCUT2D eigenvalue weighted by atomic mass is 79.9. The molecule has 1 aromatic carbocycles. The Hall–Kier alpha value is -0.340. The van der Waals surface area contributed by atoms with Crippen molar-refractivity contribution in [2.45, 2.75) is 61.4 Å². The minimum absolute atomic E-state index is 0.954. The van der Waals surface area contributed by atoms with E-state index in [0.29, 0.717) is 0 Å². The molecule has 0 aromatic heterocycles. The van der Waals surface area contributed by atoms with E-state index in [-0.39, 0.29) is 0 Å². The van der Waals surface area contributed by atoms with Gasteiger partial charge in [-0.05, 0) is 24.6 Å². The summed E-state index contributed by atoms with van der Waals surface area (Å²) in [5.41, 5.74) is 1.32. The SMILES string of the molecule is CC.CC.CC.CCCNCc1ccccc1Br. The van der Waals surface area contributed by atoms with Gasteiger partial charge in [0.2, 0.25) is 0 Å². The van der Waals surface area contributed by atoms with Crippen molar-refractivity contribution in [3.63, 3.8) is 0 Å². The predicted octanol–water partition coefficient (Wildman–Crippen LogP) is 6.03. The first-order valence-electron chi connectivity index (χ1n) is 7.28. The van der Waals surface area contributed by atoms with Crippen molar-refractivity contribution in [2.75, 3.05) is 6.54 Å². The van der Waals surface area contributed by atoms with E-state index >= 15 is 0 Å². The zero-order chi connectivity index (χ0) is 14.8. The third-order valence-corrected chi connectivity index (χ3v) is 2.47. The molecule has 2 heteroatoms. The van der Waals surface area contributed by atoms with Crippen LogP contribution in [0.1, 0.15) is 60.5 Å². The van der Waals surface area contributed by atoms with E-state index < -0.39 is 0 Å². The van der Waals surface area contributed by atoms with E-state index in [1.807, 2.05) is 47.6 Å². The first-order chi connectivity index (χ1) is 8.84. The summed E-state index contributed by atoms with van der Waals surface area (Å²) in [6, 6.07) is 8.30. The van der Waals surface area contributed by atoms with Gasteiger partial charge in [-0.2, -0.15) is 0 Å². The maximum atomic E-state index is 3.51. The Labute approximate surface area is 124 Å². The van der Waals surface area contributed by atoms with Crippen molar-refractivity contribution >= 4 is 15.9 Å². The molecule has 0 aliphatic rings. The highest BCUT2D eigenvalue weighted by Crippen LogP contribution is 2.14. The normalized spacial score (nSPS) is 7.78. The van der Waals surface area contributed by atoms with E-state index in [2.05, 4.69) is 46.4 Å². The third kappa shape index (κ3) is 13.7. The van der Waals surface area contributed by atoms with Crippen LogP contribution in [-0.2, 0) is 6.54 Å². The fourth-order valence-corrected chi connectivity index (χ4v) is 1.47. The van der Waals surface area contributed by atoms with E-state index in [1.54, 1.807) is 0 Å². The van der Waals surface area contributed by atoms with Crippen molar-refractivity contribution in [2.24, 2.45) is 0 Å². The van der Waals surface area contributed by atoms with Crippen LogP contribution in [0.15, 0.2) is 28.7 Å². The molecule has 0 saturated carbocycles. The van der Waals surface area contributed by atoms with E-state index in [4.69, 9.17) is 0 Å². The minimum Gasteiger partial charge on any atom is -0.313 e. The topological polar surface area (TPSA) is 12.0 Å². The van der Waals surface area contributed by atoms with Crippen LogP contribution < -0.4 is 5.32 Å². The highest BCUT2D eigenvalue weighted by molar-refractivity contribution is 9.10. The molecule has 1 aromatic rings. The second-order valence-corrected chi connectivity index (χ2v) is 3.62. The lowest BCUT2D eigenvalue weighted by atomic mass is 10.2. The third-order valence-electron chi connectivity index (χ3n) is 1.70. The van der Waals surface area contributed by atoms with E-state index in [0.717, 1.165) is 13.1 Å². The van der Waals surface area contributed by atoms with Crippen LogP contribution >= 0.6 is 15.9 Å². The van der Waals surface area contributed by atoms with Gasteiger partial charge in [-0.1, -0.05) is 82.6 Å². The van der Waals surface area contributed by atoms with Crippen LogP contribution in [0.4, 0.5) is 0 Å². The van der Waals surface area contributed by atoms with Crippen molar-refractivity contribution < 1.29 is 0 Å². The summed E-state index contributed by atoms with van der Waals surface area (Å²) in [6.07, 6.45) is 1.18.